The second-order valence-corrected chi connectivity index (χ2v) is 6.93. The van der Waals surface area contributed by atoms with E-state index in [2.05, 4.69) is 6.58 Å². The molecule has 0 aromatic heterocycles. The van der Waals surface area contributed by atoms with E-state index in [9.17, 15) is 14.4 Å². The molecule has 1 rings (SSSR count). The number of esters is 2. The van der Waals surface area contributed by atoms with Gasteiger partial charge < -0.3 is 9.47 Å². The molecule has 0 amide bonds. The SMILES string of the molecule is C=C(C(=O)OC1C=C(C=O)C(C)(C)C=C1C)C(C)OC(=O)C(C)C. The minimum Gasteiger partial charge on any atom is -0.457 e. The Labute approximate surface area is 143 Å². The third kappa shape index (κ3) is 4.66. The highest BCUT2D eigenvalue weighted by Gasteiger charge is 2.30. The summed E-state index contributed by atoms with van der Waals surface area (Å²) in [7, 11) is 0. The molecule has 0 heterocycles. The number of rotatable bonds is 6. The molecule has 0 saturated carbocycles. The number of ether oxygens (including phenoxy) is 2. The van der Waals surface area contributed by atoms with Gasteiger partial charge >= 0.3 is 11.9 Å². The summed E-state index contributed by atoms with van der Waals surface area (Å²) in [6, 6.07) is 0. The predicted molar refractivity (Wildman–Crippen MR) is 91.1 cm³/mol. The summed E-state index contributed by atoms with van der Waals surface area (Å²) in [5.74, 6) is -1.35. The van der Waals surface area contributed by atoms with Crippen molar-refractivity contribution in [3.05, 3.63) is 35.5 Å². The molecular weight excluding hydrogens is 308 g/mol. The predicted octanol–water partition coefficient (Wildman–Crippen LogP) is 3.15. The first kappa shape index (κ1) is 19.9. The summed E-state index contributed by atoms with van der Waals surface area (Å²) in [5.41, 5.74) is 1.04. The van der Waals surface area contributed by atoms with Crippen LogP contribution in [-0.4, -0.2) is 30.4 Å². The van der Waals surface area contributed by atoms with Gasteiger partial charge in [-0.3, -0.25) is 9.59 Å². The molecule has 0 spiro atoms. The van der Waals surface area contributed by atoms with Crippen molar-refractivity contribution in [3.8, 4) is 0 Å². The van der Waals surface area contributed by atoms with Crippen molar-refractivity contribution in [2.75, 3.05) is 0 Å². The molecule has 0 radical (unpaired) electrons. The molecule has 2 unspecified atom stereocenters. The molecule has 1 aliphatic carbocycles. The van der Waals surface area contributed by atoms with Gasteiger partial charge in [-0.25, -0.2) is 4.79 Å². The number of carbonyl (C=O) groups is 3. The van der Waals surface area contributed by atoms with E-state index in [4.69, 9.17) is 9.47 Å². The fourth-order valence-corrected chi connectivity index (χ4v) is 2.30. The molecule has 0 aromatic carbocycles. The van der Waals surface area contributed by atoms with Crippen molar-refractivity contribution in [3.63, 3.8) is 0 Å². The van der Waals surface area contributed by atoms with Gasteiger partial charge in [-0.05, 0) is 25.5 Å². The summed E-state index contributed by atoms with van der Waals surface area (Å²) in [5, 5.41) is 0. The second-order valence-electron chi connectivity index (χ2n) is 6.93. The molecule has 0 fully saturated rings. The van der Waals surface area contributed by atoms with Crippen LogP contribution in [0.4, 0.5) is 0 Å². The third-order valence-electron chi connectivity index (χ3n) is 3.99. The Balaban J connectivity index is 2.80. The van der Waals surface area contributed by atoms with E-state index in [-0.39, 0.29) is 11.5 Å². The molecular formula is C19H26O5. The first-order valence-corrected chi connectivity index (χ1v) is 7.96. The van der Waals surface area contributed by atoms with Crippen LogP contribution < -0.4 is 0 Å². The lowest BCUT2D eigenvalue weighted by atomic mass is 9.78. The molecule has 0 aliphatic heterocycles. The minimum atomic E-state index is -0.772. The maximum absolute atomic E-state index is 12.2. The number of hydrogen-bond acceptors (Lipinski definition) is 5. The highest BCUT2D eigenvalue weighted by molar-refractivity contribution is 5.90. The molecule has 0 bridgehead atoms. The summed E-state index contributed by atoms with van der Waals surface area (Å²) < 4.78 is 10.6. The van der Waals surface area contributed by atoms with Crippen LogP contribution in [0.3, 0.4) is 0 Å². The molecule has 2 atom stereocenters. The van der Waals surface area contributed by atoms with Gasteiger partial charge in [0.2, 0.25) is 0 Å². The van der Waals surface area contributed by atoms with Crippen molar-refractivity contribution >= 4 is 18.2 Å². The quantitative estimate of drug-likeness (QED) is 0.323. The lowest BCUT2D eigenvalue weighted by Crippen LogP contribution is -2.30. The molecule has 5 heteroatoms. The third-order valence-corrected chi connectivity index (χ3v) is 3.99. The van der Waals surface area contributed by atoms with E-state index < -0.39 is 29.6 Å². The normalized spacial score (nSPS) is 20.5. The van der Waals surface area contributed by atoms with Gasteiger partial charge in [0.05, 0.1) is 11.5 Å². The summed E-state index contributed by atoms with van der Waals surface area (Å²) >= 11 is 0. The van der Waals surface area contributed by atoms with Gasteiger partial charge in [-0.1, -0.05) is 40.3 Å². The van der Waals surface area contributed by atoms with Gasteiger partial charge in [0.25, 0.3) is 0 Å². The lowest BCUT2D eigenvalue weighted by molar-refractivity contribution is -0.152. The lowest BCUT2D eigenvalue weighted by Gasteiger charge is -2.30. The van der Waals surface area contributed by atoms with Crippen LogP contribution in [0.1, 0.15) is 41.5 Å². The van der Waals surface area contributed by atoms with E-state index in [1.54, 1.807) is 26.8 Å². The van der Waals surface area contributed by atoms with E-state index >= 15 is 0 Å². The Morgan fingerprint density at radius 1 is 1.29 bits per heavy atom. The standard InChI is InChI=1S/C19H26O5/c1-11(2)17(21)23-14(5)13(4)18(22)24-16-8-15(10-20)19(6,7)9-12(16)3/h8-11,14,16H,4H2,1-3,5-7H3. The van der Waals surface area contributed by atoms with Crippen molar-refractivity contribution in [2.45, 2.75) is 53.8 Å². The summed E-state index contributed by atoms with van der Waals surface area (Å²) in [6.45, 7) is 14.3. The van der Waals surface area contributed by atoms with Gasteiger partial charge in [-0.15, -0.1) is 0 Å². The maximum atomic E-state index is 12.2. The van der Waals surface area contributed by atoms with Crippen molar-refractivity contribution in [2.24, 2.45) is 11.3 Å². The number of aldehydes is 1. The average Bonchev–Trinajstić information content (AvgIpc) is 2.47. The van der Waals surface area contributed by atoms with E-state index in [0.717, 1.165) is 11.9 Å². The Hall–Kier alpha value is -2.17. The zero-order valence-electron chi connectivity index (χ0n) is 15.2. The van der Waals surface area contributed by atoms with Gasteiger partial charge in [0.15, 0.2) is 0 Å². The fourth-order valence-electron chi connectivity index (χ4n) is 2.30. The Morgan fingerprint density at radius 3 is 2.38 bits per heavy atom. The van der Waals surface area contributed by atoms with E-state index in [1.165, 1.54) is 0 Å². The van der Waals surface area contributed by atoms with Crippen LogP contribution in [0.2, 0.25) is 0 Å². The summed E-state index contributed by atoms with van der Waals surface area (Å²) in [4.78, 5) is 35.1. The molecule has 0 N–H and O–H groups in total. The van der Waals surface area contributed by atoms with E-state index in [1.807, 2.05) is 26.8 Å². The fraction of sp³-hybridized carbons (Fsp3) is 0.526. The monoisotopic (exact) mass is 334 g/mol. The van der Waals surface area contributed by atoms with Crippen LogP contribution >= 0.6 is 0 Å². The zero-order chi connectivity index (χ0) is 18.7. The Bertz CT molecular complexity index is 607. The highest BCUT2D eigenvalue weighted by atomic mass is 16.6. The van der Waals surface area contributed by atoms with Crippen LogP contribution in [0, 0.1) is 11.3 Å². The molecule has 5 nitrogen and oxygen atoms in total. The number of carbonyl (C=O) groups excluding carboxylic acids is 3. The number of allylic oxidation sites excluding steroid dienone is 2. The van der Waals surface area contributed by atoms with Gasteiger partial charge in [0.1, 0.15) is 18.5 Å². The highest BCUT2D eigenvalue weighted by Crippen LogP contribution is 2.34. The van der Waals surface area contributed by atoms with Crippen molar-refractivity contribution in [1.29, 1.82) is 0 Å². The number of hydrogen-bond donors (Lipinski definition) is 0. The maximum Gasteiger partial charge on any atom is 0.338 e. The smallest absolute Gasteiger partial charge is 0.338 e. The van der Waals surface area contributed by atoms with Gasteiger partial charge in [0, 0.05) is 11.0 Å². The largest absolute Gasteiger partial charge is 0.457 e. The molecule has 0 saturated heterocycles. The first-order chi connectivity index (χ1) is 11.0. The van der Waals surface area contributed by atoms with Crippen LogP contribution in [-0.2, 0) is 23.9 Å². The zero-order valence-corrected chi connectivity index (χ0v) is 15.2. The van der Waals surface area contributed by atoms with Crippen molar-refractivity contribution < 1.29 is 23.9 Å². The molecule has 1 aliphatic rings. The van der Waals surface area contributed by atoms with Crippen LogP contribution in [0.15, 0.2) is 35.5 Å². The Kier molecular flexibility index (Phi) is 6.29. The van der Waals surface area contributed by atoms with E-state index in [0.29, 0.717) is 5.57 Å². The Morgan fingerprint density at radius 2 is 1.88 bits per heavy atom. The molecule has 132 valence electrons. The molecule has 0 aromatic rings. The van der Waals surface area contributed by atoms with Crippen LogP contribution in [0.5, 0.6) is 0 Å². The summed E-state index contributed by atoms with van der Waals surface area (Å²) in [6.07, 6.45) is 2.91. The minimum absolute atomic E-state index is 0.0580. The average molecular weight is 334 g/mol. The molecule has 24 heavy (non-hydrogen) atoms. The second kappa shape index (κ2) is 7.60. The van der Waals surface area contributed by atoms with Gasteiger partial charge in [-0.2, -0.15) is 0 Å². The first-order valence-electron chi connectivity index (χ1n) is 7.96. The van der Waals surface area contributed by atoms with Crippen molar-refractivity contribution in [1.82, 2.24) is 0 Å². The topological polar surface area (TPSA) is 69.7 Å². The van der Waals surface area contributed by atoms with Crippen LogP contribution in [0.25, 0.3) is 0 Å².